The van der Waals surface area contributed by atoms with E-state index in [1.807, 2.05) is 20.8 Å². The molecule has 1 heterocycles. The molecule has 14 heavy (non-hydrogen) atoms. The molecule has 0 saturated carbocycles. The first-order valence-corrected chi connectivity index (χ1v) is 4.99. The van der Waals surface area contributed by atoms with Crippen molar-refractivity contribution in [3.05, 3.63) is 17.3 Å². The standard InChI is InChI=1S/C9H14N2O.C2H6/c1-4-7-6(2)11-9(10)5-8(7)12-3;1-2/h5H,4H2,1-3H3,(H2,10,11);1-2H3. The predicted molar refractivity (Wildman–Crippen MR) is 60.7 cm³/mol. The molecule has 0 radical (unpaired) electrons. The van der Waals surface area contributed by atoms with E-state index in [1.165, 1.54) is 0 Å². The average Bonchev–Trinajstić information content (AvgIpc) is 2.19. The number of nitrogens with two attached hydrogens (primary N) is 1. The summed E-state index contributed by atoms with van der Waals surface area (Å²) in [5.74, 6) is 1.35. The predicted octanol–water partition coefficient (Wildman–Crippen LogP) is 2.57. The van der Waals surface area contributed by atoms with E-state index in [0.717, 1.165) is 23.4 Å². The van der Waals surface area contributed by atoms with Gasteiger partial charge in [-0.15, -0.1) is 0 Å². The molecule has 0 spiro atoms. The molecule has 1 rings (SSSR count). The Bertz CT molecular complexity index is 285. The number of pyridine rings is 1. The number of aromatic nitrogens is 1. The molecule has 0 fully saturated rings. The molecule has 0 unspecified atom stereocenters. The third-order valence-corrected chi connectivity index (χ3v) is 1.88. The molecule has 3 nitrogen and oxygen atoms in total. The van der Waals surface area contributed by atoms with Crippen LogP contribution in [0.25, 0.3) is 0 Å². The normalized spacial score (nSPS) is 8.93. The van der Waals surface area contributed by atoms with E-state index < -0.39 is 0 Å². The fourth-order valence-corrected chi connectivity index (χ4v) is 1.31. The largest absolute Gasteiger partial charge is 0.496 e. The fourth-order valence-electron chi connectivity index (χ4n) is 1.31. The highest BCUT2D eigenvalue weighted by molar-refractivity contribution is 5.45. The van der Waals surface area contributed by atoms with Gasteiger partial charge in [-0.1, -0.05) is 20.8 Å². The fraction of sp³-hybridized carbons (Fsp3) is 0.545. The maximum absolute atomic E-state index is 5.57. The maximum atomic E-state index is 5.57. The van der Waals surface area contributed by atoms with Crippen LogP contribution in [0.15, 0.2) is 6.07 Å². The third-order valence-electron chi connectivity index (χ3n) is 1.88. The van der Waals surface area contributed by atoms with Gasteiger partial charge in [-0.3, -0.25) is 0 Å². The summed E-state index contributed by atoms with van der Waals surface area (Å²) in [6.07, 6.45) is 0.919. The zero-order chi connectivity index (χ0) is 11.1. The molecule has 0 bridgehead atoms. The van der Waals surface area contributed by atoms with Crippen LogP contribution in [0.4, 0.5) is 5.82 Å². The number of aryl methyl sites for hydroxylation is 1. The monoisotopic (exact) mass is 196 g/mol. The molecule has 3 heteroatoms. The average molecular weight is 196 g/mol. The summed E-state index contributed by atoms with van der Waals surface area (Å²) in [4.78, 5) is 4.15. The number of hydrogen-bond donors (Lipinski definition) is 1. The first-order chi connectivity index (χ1) is 6.69. The Morgan fingerprint density at radius 1 is 1.43 bits per heavy atom. The molecule has 0 amide bonds. The van der Waals surface area contributed by atoms with Crippen molar-refractivity contribution >= 4 is 5.82 Å². The van der Waals surface area contributed by atoms with Gasteiger partial charge in [0.25, 0.3) is 0 Å². The highest BCUT2D eigenvalue weighted by Crippen LogP contribution is 2.23. The zero-order valence-corrected chi connectivity index (χ0v) is 9.72. The number of nitrogen functional groups attached to an aromatic ring is 1. The Hall–Kier alpha value is -1.25. The topological polar surface area (TPSA) is 48.1 Å². The van der Waals surface area contributed by atoms with Gasteiger partial charge in [0.2, 0.25) is 0 Å². The molecule has 0 aliphatic heterocycles. The summed E-state index contributed by atoms with van der Waals surface area (Å²) in [7, 11) is 1.65. The van der Waals surface area contributed by atoms with E-state index in [9.17, 15) is 0 Å². The lowest BCUT2D eigenvalue weighted by Gasteiger charge is -2.09. The molecule has 0 aliphatic carbocycles. The summed E-state index contributed by atoms with van der Waals surface area (Å²) in [5.41, 5.74) is 7.65. The number of anilines is 1. The van der Waals surface area contributed by atoms with Crippen molar-refractivity contribution in [1.29, 1.82) is 0 Å². The van der Waals surface area contributed by atoms with Crippen LogP contribution in [0.5, 0.6) is 5.75 Å². The van der Waals surface area contributed by atoms with E-state index in [0.29, 0.717) is 5.82 Å². The molecule has 1 aromatic rings. The Labute approximate surface area is 86.3 Å². The zero-order valence-electron chi connectivity index (χ0n) is 9.72. The molecule has 0 aromatic carbocycles. The number of hydrogen-bond acceptors (Lipinski definition) is 3. The minimum atomic E-state index is 0.515. The van der Waals surface area contributed by atoms with Crippen LogP contribution in [0.1, 0.15) is 32.0 Å². The minimum absolute atomic E-state index is 0.515. The van der Waals surface area contributed by atoms with E-state index >= 15 is 0 Å². The Balaban J connectivity index is 0.000000791. The van der Waals surface area contributed by atoms with Crippen molar-refractivity contribution in [2.24, 2.45) is 0 Å². The number of rotatable bonds is 2. The highest BCUT2D eigenvalue weighted by atomic mass is 16.5. The van der Waals surface area contributed by atoms with Gasteiger partial charge >= 0.3 is 0 Å². The molecule has 0 atom stereocenters. The van der Waals surface area contributed by atoms with Crippen LogP contribution in [-0.2, 0) is 6.42 Å². The van der Waals surface area contributed by atoms with Crippen molar-refractivity contribution in [3.8, 4) is 5.75 Å². The molecule has 0 saturated heterocycles. The lowest BCUT2D eigenvalue weighted by atomic mass is 10.1. The van der Waals surface area contributed by atoms with E-state index in [2.05, 4.69) is 11.9 Å². The van der Waals surface area contributed by atoms with Gasteiger partial charge in [0.1, 0.15) is 11.6 Å². The van der Waals surface area contributed by atoms with Gasteiger partial charge in [-0.2, -0.15) is 0 Å². The summed E-state index contributed by atoms with van der Waals surface area (Å²) < 4.78 is 5.18. The van der Waals surface area contributed by atoms with Crippen molar-refractivity contribution in [2.45, 2.75) is 34.1 Å². The van der Waals surface area contributed by atoms with E-state index in [4.69, 9.17) is 10.5 Å². The lowest BCUT2D eigenvalue weighted by Crippen LogP contribution is -2.00. The quantitative estimate of drug-likeness (QED) is 0.790. The third kappa shape index (κ3) is 2.91. The summed E-state index contributed by atoms with van der Waals surface area (Å²) in [6, 6.07) is 1.76. The second-order valence-electron chi connectivity index (χ2n) is 2.67. The SMILES string of the molecule is CC.CCc1c(OC)cc(N)nc1C. The van der Waals surface area contributed by atoms with Crippen molar-refractivity contribution < 1.29 is 4.74 Å². The van der Waals surface area contributed by atoms with Gasteiger partial charge in [-0.05, 0) is 13.3 Å². The maximum Gasteiger partial charge on any atom is 0.127 e. The molecular formula is C11H20N2O. The molecule has 2 N–H and O–H groups in total. The second kappa shape index (κ2) is 6.24. The van der Waals surface area contributed by atoms with Crippen LogP contribution in [0.3, 0.4) is 0 Å². The second-order valence-corrected chi connectivity index (χ2v) is 2.67. The van der Waals surface area contributed by atoms with Gasteiger partial charge in [0, 0.05) is 17.3 Å². The van der Waals surface area contributed by atoms with Crippen LogP contribution in [0.2, 0.25) is 0 Å². The van der Waals surface area contributed by atoms with Gasteiger partial charge in [0.05, 0.1) is 7.11 Å². The van der Waals surface area contributed by atoms with Crippen LogP contribution in [0, 0.1) is 6.92 Å². The van der Waals surface area contributed by atoms with Gasteiger partial charge in [-0.25, -0.2) is 4.98 Å². The van der Waals surface area contributed by atoms with Gasteiger partial charge < -0.3 is 10.5 Å². The minimum Gasteiger partial charge on any atom is -0.496 e. The van der Waals surface area contributed by atoms with Crippen molar-refractivity contribution in [2.75, 3.05) is 12.8 Å². The van der Waals surface area contributed by atoms with Gasteiger partial charge in [0.15, 0.2) is 0 Å². The van der Waals surface area contributed by atoms with Crippen molar-refractivity contribution in [1.82, 2.24) is 4.98 Å². The van der Waals surface area contributed by atoms with Crippen LogP contribution < -0.4 is 10.5 Å². The Morgan fingerprint density at radius 3 is 2.43 bits per heavy atom. The first kappa shape index (κ1) is 12.8. The lowest BCUT2D eigenvalue weighted by molar-refractivity contribution is 0.409. The number of methoxy groups -OCH3 is 1. The molecular weight excluding hydrogens is 176 g/mol. The highest BCUT2D eigenvalue weighted by Gasteiger charge is 2.06. The van der Waals surface area contributed by atoms with E-state index in [-0.39, 0.29) is 0 Å². The van der Waals surface area contributed by atoms with E-state index in [1.54, 1.807) is 13.2 Å². The smallest absolute Gasteiger partial charge is 0.127 e. The van der Waals surface area contributed by atoms with Crippen LogP contribution in [-0.4, -0.2) is 12.1 Å². The molecule has 0 aliphatic rings. The summed E-state index contributed by atoms with van der Waals surface area (Å²) in [6.45, 7) is 8.01. The Kier molecular flexibility index (Phi) is 5.68. The summed E-state index contributed by atoms with van der Waals surface area (Å²) in [5, 5.41) is 0. The number of nitrogens with zero attached hydrogens (tertiary/aromatic N) is 1. The molecule has 80 valence electrons. The Morgan fingerprint density at radius 2 is 2.00 bits per heavy atom. The van der Waals surface area contributed by atoms with Crippen LogP contribution >= 0.6 is 0 Å². The molecule has 1 aromatic heterocycles. The number of ether oxygens (including phenoxy) is 1. The first-order valence-electron chi connectivity index (χ1n) is 4.99. The van der Waals surface area contributed by atoms with Crippen molar-refractivity contribution in [3.63, 3.8) is 0 Å². The summed E-state index contributed by atoms with van der Waals surface area (Å²) >= 11 is 0.